The van der Waals surface area contributed by atoms with Crippen molar-refractivity contribution in [3.63, 3.8) is 0 Å². The largest absolute Gasteiger partial charge is 0.467 e. The number of carbonyl (C=O) groups is 1. The second kappa shape index (κ2) is 6.94. The molecule has 0 spiro atoms. The first kappa shape index (κ1) is 15.1. The summed E-state index contributed by atoms with van der Waals surface area (Å²) in [7, 11) is 0. The van der Waals surface area contributed by atoms with Gasteiger partial charge in [0.05, 0.1) is 13.0 Å². The lowest BCUT2D eigenvalue weighted by atomic mass is 10.1. The molecule has 0 unspecified atom stereocenters. The minimum Gasteiger partial charge on any atom is -0.467 e. The lowest BCUT2D eigenvalue weighted by Gasteiger charge is -2.21. The van der Waals surface area contributed by atoms with Crippen molar-refractivity contribution in [1.82, 2.24) is 5.32 Å². The third-order valence-electron chi connectivity index (χ3n) is 3.44. The Labute approximate surface area is 137 Å². The van der Waals surface area contributed by atoms with Crippen molar-refractivity contribution in [1.29, 1.82) is 0 Å². The molecule has 1 heterocycles. The summed E-state index contributed by atoms with van der Waals surface area (Å²) >= 11 is 3.48. The normalized spacial score (nSPS) is 13.1. The molecular weight excluding hydrogens is 346 g/mol. The number of carbonyl (C=O) groups excluding carboxylic acids is 1. The monoisotopic (exact) mass is 361 g/mol. The van der Waals surface area contributed by atoms with Crippen LogP contribution in [-0.4, -0.2) is 12.7 Å². The first-order chi connectivity index (χ1) is 10.7. The highest BCUT2D eigenvalue weighted by molar-refractivity contribution is 9.10. The van der Waals surface area contributed by atoms with Crippen LogP contribution < -0.4 is 10.1 Å². The van der Waals surface area contributed by atoms with Gasteiger partial charge in [0.15, 0.2) is 6.79 Å². The van der Waals surface area contributed by atoms with Gasteiger partial charge in [0.2, 0.25) is 5.91 Å². The van der Waals surface area contributed by atoms with Crippen LogP contribution in [0.15, 0.2) is 46.9 Å². The number of benzene rings is 2. The highest BCUT2D eigenvalue weighted by Gasteiger charge is 2.16. The van der Waals surface area contributed by atoms with Gasteiger partial charge in [-0.05, 0) is 17.7 Å². The van der Waals surface area contributed by atoms with E-state index in [2.05, 4.69) is 21.2 Å². The average molecular weight is 362 g/mol. The Bertz CT molecular complexity index is 673. The highest BCUT2D eigenvalue weighted by Crippen LogP contribution is 2.31. The molecule has 1 amide bonds. The Morgan fingerprint density at radius 1 is 1.23 bits per heavy atom. The number of nitrogens with one attached hydrogen (secondary N) is 1. The summed E-state index contributed by atoms with van der Waals surface area (Å²) < 4.78 is 11.8. The standard InChI is InChI=1S/C17H16BrNO3/c18-15-7-13(17-14(8-15)10-21-11-22-17)9-19-16(20)6-12-4-2-1-3-5-12/h1-5,7-8H,6,9-11H2,(H,19,20). The lowest BCUT2D eigenvalue weighted by molar-refractivity contribution is -0.120. The molecule has 0 bridgehead atoms. The van der Waals surface area contributed by atoms with Crippen LogP contribution in [-0.2, 0) is 29.1 Å². The molecule has 0 saturated carbocycles. The van der Waals surface area contributed by atoms with Gasteiger partial charge in [-0.2, -0.15) is 0 Å². The van der Waals surface area contributed by atoms with E-state index >= 15 is 0 Å². The smallest absolute Gasteiger partial charge is 0.224 e. The summed E-state index contributed by atoms with van der Waals surface area (Å²) in [4.78, 5) is 12.1. The molecule has 1 aliphatic rings. The molecule has 0 atom stereocenters. The van der Waals surface area contributed by atoms with E-state index in [1.165, 1.54) is 0 Å². The maximum absolute atomic E-state index is 12.1. The van der Waals surface area contributed by atoms with Gasteiger partial charge in [-0.15, -0.1) is 0 Å². The van der Waals surface area contributed by atoms with E-state index in [4.69, 9.17) is 9.47 Å². The van der Waals surface area contributed by atoms with Gasteiger partial charge in [0.1, 0.15) is 5.75 Å². The number of ether oxygens (including phenoxy) is 2. The summed E-state index contributed by atoms with van der Waals surface area (Å²) in [6.07, 6.45) is 0.376. The molecule has 0 radical (unpaired) electrons. The van der Waals surface area contributed by atoms with Crippen molar-refractivity contribution >= 4 is 21.8 Å². The number of hydrogen-bond donors (Lipinski definition) is 1. The van der Waals surface area contributed by atoms with Crippen molar-refractivity contribution in [2.45, 2.75) is 19.6 Å². The summed E-state index contributed by atoms with van der Waals surface area (Å²) in [5.74, 6) is 0.807. The second-order valence-electron chi connectivity index (χ2n) is 5.10. The van der Waals surface area contributed by atoms with Crippen molar-refractivity contribution in [3.8, 4) is 5.75 Å². The molecule has 1 N–H and O–H groups in total. The summed E-state index contributed by atoms with van der Waals surface area (Å²) in [6, 6.07) is 13.6. The van der Waals surface area contributed by atoms with Crippen molar-refractivity contribution < 1.29 is 14.3 Å². The van der Waals surface area contributed by atoms with E-state index in [9.17, 15) is 4.79 Å². The number of hydrogen-bond acceptors (Lipinski definition) is 3. The number of halogens is 1. The topological polar surface area (TPSA) is 47.6 Å². The first-order valence-electron chi connectivity index (χ1n) is 7.05. The van der Waals surface area contributed by atoms with E-state index in [0.29, 0.717) is 19.6 Å². The van der Waals surface area contributed by atoms with Gasteiger partial charge in [0, 0.05) is 22.1 Å². The van der Waals surface area contributed by atoms with Crippen LogP contribution in [0.25, 0.3) is 0 Å². The fourth-order valence-electron chi connectivity index (χ4n) is 2.43. The zero-order valence-corrected chi connectivity index (χ0v) is 13.6. The molecule has 0 aromatic heterocycles. The van der Waals surface area contributed by atoms with Crippen molar-refractivity contribution in [2.75, 3.05) is 6.79 Å². The van der Waals surface area contributed by atoms with Crippen LogP contribution >= 0.6 is 15.9 Å². The Morgan fingerprint density at radius 3 is 2.86 bits per heavy atom. The van der Waals surface area contributed by atoms with E-state index in [-0.39, 0.29) is 12.7 Å². The SMILES string of the molecule is O=C(Cc1ccccc1)NCc1cc(Br)cc2c1OCOC2. The van der Waals surface area contributed by atoms with Gasteiger partial charge in [-0.25, -0.2) is 0 Å². The van der Waals surface area contributed by atoms with Gasteiger partial charge in [-0.3, -0.25) is 4.79 Å². The van der Waals surface area contributed by atoms with Crippen LogP contribution in [0.5, 0.6) is 5.75 Å². The Kier molecular flexibility index (Phi) is 4.75. The zero-order chi connectivity index (χ0) is 15.4. The summed E-state index contributed by atoms with van der Waals surface area (Å²) in [5.41, 5.74) is 2.95. The van der Waals surface area contributed by atoms with Gasteiger partial charge < -0.3 is 14.8 Å². The van der Waals surface area contributed by atoms with Gasteiger partial charge in [-0.1, -0.05) is 46.3 Å². The maximum Gasteiger partial charge on any atom is 0.224 e. The fourth-order valence-corrected chi connectivity index (χ4v) is 2.98. The maximum atomic E-state index is 12.1. The Morgan fingerprint density at radius 2 is 2.05 bits per heavy atom. The molecule has 22 heavy (non-hydrogen) atoms. The third kappa shape index (κ3) is 3.67. The van der Waals surface area contributed by atoms with Crippen LogP contribution in [0.2, 0.25) is 0 Å². The Balaban J connectivity index is 1.66. The summed E-state index contributed by atoms with van der Waals surface area (Å²) in [6.45, 7) is 1.22. The molecule has 0 saturated heterocycles. The molecule has 114 valence electrons. The van der Waals surface area contributed by atoms with Crippen molar-refractivity contribution in [3.05, 3.63) is 63.6 Å². The number of fused-ring (bicyclic) bond motifs is 1. The van der Waals surface area contributed by atoms with Crippen molar-refractivity contribution in [2.24, 2.45) is 0 Å². The molecule has 0 fully saturated rings. The van der Waals surface area contributed by atoms with Crippen LogP contribution in [0.3, 0.4) is 0 Å². The van der Waals surface area contributed by atoms with Crippen LogP contribution in [0.4, 0.5) is 0 Å². The molecule has 0 aliphatic carbocycles. The van der Waals surface area contributed by atoms with E-state index in [1.54, 1.807) is 0 Å². The lowest BCUT2D eigenvalue weighted by Crippen LogP contribution is -2.25. The number of rotatable bonds is 4. The van der Waals surface area contributed by atoms with Crippen LogP contribution in [0, 0.1) is 0 Å². The fraction of sp³-hybridized carbons (Fsp3) is 0.235. The minimum atomic E-state index is -0.00742. The molecule has 5 heteroatoms. The molecule has 3 rings (SSSR count). The second-order valence-corrected chi connectivity index (χ2v) is 6.02. The highest BCUT2D eigenvalue weighted by atomic mass is 79.9. The molecular formula is C17H16BrNO3. The first-order valence-corrected chi connectivity index (χ1v) is 7.84. The molecule has 4 nitrogen and oxygen atoms in total. The third-order valence-corrected chi connectivity index (χ3v) is 3.89. The van der Waals surface area contributed by atoms with Gasteiger partial charge >= 0.3 is 0 Å². The predicted octanol–water partition coefficient (Wildman–Crippen LogP) is 3.17. The van der Waals surface area contributed by atoms with E-state index in [0.717, 1.165) is 26.9 Å². The molecule has 2 aromatic rings. The predicted molar refractivity (Wildman–Crippen MR) is 86.4 cm³/mol. The zero-order valence-electron chi connectivity index (χ0n) is 12.0. The Hall–Kier alpha value is -1.85. The van der Waals surface area contributed by atoms with Gasteiger partial charge in [0.25, 0.3) is 0 Å². The van der Waals surface area contributed by atoms with E-state index in [1.807, 2.05) is 42.5 Å². The average Bonchev–Trinajstić information content (AvgIpc) is 2.53. The number of amides is 1. The van der Waals surface area contributed by atoms with Crippen LogP contribution in [0.1, 0.15) is 16.7 Å². The molecule has 2 aromatic carbocycles. The minimum absolute atomic E-state index is 0.00742. The van der Waals surface area contributed by atoms with E-state index < -0.39 is 0 Å². The summed E-state index contributed by atoms with van der Waals surface area (Å²) in [5, 5.41) is 2.94. The molecule has 1 aliphatic heterocycles. The quantitative estimate of drug-likeness (QED) is 0.909.